The van der Waals surface area contributed by atoms with E-state index in [4.69, 9.17) is 0 Å². The van der Waals surface area contributed by atoms with Crippen molar-refractivity contribution in [3.63, 3.8) is 0 Å². The monoisotopic (exact) mass is 383 g/mol. The fourth-order valence-electron chi connectivity index (χ4n) is 3.57. The molecule has 0 aromatic heterocycles. The number of benzene rings is 2. The van der Waals surface area contributed by atoms with E-state index in [0.29, 0.717) is 0 Å². The van der Waals surface area contributed by atoms with Gasteiger partial charge in [-0.1, -0.05) is 58.4 Å². The maximum Gasteiger partial charge on any atom is 0.255 e. The summed E-state index contributed by atoms with van der Waals surface area (Å²) in [6, 6.07) is 18.2. The van der Waals surface area contributed by atoms with Crippen LogP contribution in [0.4, 0.5) is 0 Å². The number of halogens is 1. The van der Waals surface area contributed by atoms with Crippen LogP contribution in [0.25, 0.3) is 5.57 Å². The third-order valence-electron chi connectivity index (χ3n) is 5.04. The highest BCUT2D eigenvalue weighted by atomic mass is 79.9. The minimum atomic E-state index is -0.391. The van der Waals surface area contributed by atoms with Crippen molar-refractivity contribution in [2.75, 3.05) is 0 Å². The molecule has 0 N–H and O–H groups in total. The van der Waals surface area contributed by atoms with Gasteiger partial charge in [-0.3, -0.25) is 4.79 Å². The summed E-state index contributed by atoms with van der Waals surface area (Å²) in [6.45, 7) is 8.42. The molecule has 3 heteroatoms. The van der Waals surface area contributed by atoms with Crippen molar-refractivity contribution in [3.8, 4) is 0 Å². The predicted molar refractivity (Wildman–Crippen MR) is 103 cm³/mol. The Kier molecular flexibility index (Phi) is 4.39. The zero-order valence-electron chi connectivity index (χ0n) is 14.5. The fourth-order valence-corrected chi connectivity index (χ4v) is 3.97. The van der Waals surface area contributed by atoms with Crippen LogP contribution in [-0.2, 0) is 10.3 Å². The van der Waals surface area contributed by atoms with Crippen molar-refractivity contribution in [3.05, 3.63) is 75.8 Å². The summed E-state index contributed by atoms with van der Waals surface area (Å²) in [5, 5.41) is 0. The molecule has 0 spiro atoms. The van der Waals surface area contributed by atoms with E-state index in [0.717, 1.165) is 26.7 Å². The van der Waals surface area contributed by atoms with Crippen LogP contribution < -0.4 is 0 Å². The van der Waals surface area contributed by atoms with Crippen LogP contribution in [0.2, 0.25) is 0 Å². The van der Waals surface area contributed by atoms with Crippen LogP contribution in [0.5, 0.6) is 0 Å². The van der Waals surface area contributed by atoms with Gasteiger partial charge in [-0.15, -0.1) is 0 Å². The third-order valence-corrected chi connectivity index (χ3v) is 5.53. The van der Waals surface area contributed by atoms with E-state index >= 15 is 0 Å². The van der Waals surface area contributed by atoms with Gasteiger partial charge in [0.25, 0.3) is 5.91 Å². The van der Waals surface area contributed by atoms with Gasteiger partial charge in [0.15, 0.2) is 0 Å². The van der Waals surface area contributed by atoms with Gasteiger partial charge in [-0.25, -0.2) is 0 Å². The lowest BCUT2D eigenvalue weighted by Gasteiger charge is -2.40. The van der Waals surface area contributed by atoms with E-state index in [9.17, 15) is 4.79 Å². The van der Waals surface area contributed by atoms with E-state index in [1.165, 1.54) is 0 Å². The quantitative estimate of drug-likeness (QED) is 0.695. The van der Waals surface area contributed by atoms with Crippen molar-refractivity contribution >= 4 is 27.4 Å². The van der Waals surface area contributed by atoms with Gasteiger partial charge >= 0.3 is 0 Å². The number of carbonyl (C=O) groups excluding carboxylic acids is 1. The highest BCUT2D eigenvalue weighted by Crippen LogP contribution is 2.41. The van der Waals surface area contributed by atoms with Gasteiger partial charge in [-0.05, 0) is 56.5 Å². The van der Waals surface area contributed by atoms with Gasteiger partial charge in [0.2, 0.25) is 0 Å². The van der Waals surface area contributed by atoms with Crippen LogP contribution >= 0.6 is 15.9 Å². The molecule has 1 heterocycles. The zero-order valence-corrected chi connectivity index (χ0v) is 16.1. The van der Waals surface area contributed by atoms with E-state index in [1.807, 2.05) is 47.4 Å². The van der Waals surface area contributed by atoms with Gasteiger partial charge in [0.05, 0.1) is 11.6 Å². The molecule has 1 aliphatic rings. The second kappa shape index (κ2) is 6.21. The Balaban J connectivity index is 2.04. The molecule has 0 bridgehead atoms. The predicted octanol–water partition coefficient (Wildman–Crippen LogP) is 5.39. The Labute approximate surface area is 152 Å². The summed E-state index contributed by atoms with van der Waals surface area (Å²) in [5.41, 5.74) is 3.71. The molecule has 1 unspecified atom stereocenters. The molecule has 3 rings (SSSR count). The highest BCUT2D eigenvalue weighted by Gasteiger charge is 2.43. The van der Waals surface area contributed by atoms with E-state index in [-0.39, 0.29) is 11.9 Å². The molecule has 2 aromatic rings. The summed E-state index contributed by atoms with van der Waals surface area (Å²) in [5.74, 6) is 0.108. The summed E-state index contributed by atoms with van der Waals surface area (Å²) in [4.78, 5) is 15.3. The first-order valence-corrected chi connectivity index (χ1v) is 8.99. The lowest BCUT2D eigenvalue weighted by atomic mass is 9.91. The first kappa shape index (κ1) is 17.0. The average molecular weight is 384 g/mol. The Bertz CT molecular complexity index is 808. The van der Waals surface area contributed by atoms with Crippen LogP contribution in [0.3, 0.4) is 0 Å². The fraction of sp³-hybridized carbons (Fsp3) is 0.286. The molecule has 2 aromatic carbocycles. The molecule has 0 radical (unpaired) electrons. The van der Waals surface area contributed by atoms with Crippen molar-refractivity contribution < 1.29 is 4.79 Å². The van der Waals surface area contributed by atoms with Crippen LogP contribution in [0.1, 0.15) is 38.8 Å². The van der Waals surface area contributed by atoms with Crippen molar-refractivity contribution in [1.29, 1.82) is 0 Å². The van der Waals surface area contributed by atoms with Crippen LogP contribution in [-0.4, -0.2) is 16.8 Å². The molecule has 2 nitrogen and oxygen atoms in total. The number of hydrogen-bond donors (Lipinski definition) is 0. The Morgan fingerprint density at radius 2 is 1.71 bits per heavy atom. The first-order valence-electron chi connectivity index (χ1n) is 8.20. The molecule has 0 aliphatic carbocycles. The topological polar surface area (TPSA) is 20.3 Å². The zero-order chi connectivity index (χ0) is 17.5. The minimum Gasteiger partial charge on any atom is -0.323 e. The summed E-state index contributed by atoms with van der Waals surface area (Å²) in [7, 11) is 0. The molecule has 1 aliphatic heterocycles. The highest BCUT2D eigenvalue weighted by molar-refractivity contribution is 9.10. The largest absolute Gasteiger partial charge is 0.323 e. The molecule has 1 amide bonds. The van der Waals surface area contributed by atoms with E-state index in [2.05, 4.69) is 55.8 Å². The molecule has 0 saturated heterocycles. The Morgan fingerprint density at radius 1 is 1.04 bits per heavy atom. The number of nitrogens with zero attached hydrogens (tertiary/aromatic N) is 1. The van der Waals surface area contributed by atoms with Crippen LogP contribution in [0.15, 0.2) is 64.6 Å². The maximum atomic E-state index is 13.3. The summed E-state index contributed by atoms with van der Waals surface area (Å²) >= 11 is 3.54. The number of hydrogen-bond acceptors (Lipinski definition) is 1. The average Bonchev–Trinajstić information content (AvgIpc) is 2.78. The Hall–Kier alpha value is -1.87. The van der Waals surface area contributed by atoms with Gasteiger partial charge in [0.1, 0.15) is 0 Å². The van der Waals surface area contributed by atoms with Crippen molar-refractivity contribution in [1.82, 2.24) is 4.90 Å². The number of carbonyl (C=O) groups is 1. The lowest BCUT2D eigenvalue weighted by molar-refractivity contribution is -0.130. The third kappa shape index (κ3) is 2.71. The SMILES string of the molecule is CC1=C(c2ccccc2)C(=O)N(C(C)(C)c2cccc(Br)c2)C1C. The Morgan fingerprint density at radius 3 is 2.33 bits per heavy atom. The van der Waals surface area contributed by atoms with Gasteiger partial charge in [-0.2, -0.15) is 0 Å². The second-order valence-corrected chi connectivity index (χ2v) is 7.76. The molecule has 0 saturated carbocycles. The van der Waals surface area contributed by atoms with Crippen molar-refractivity contribution in [2.24, 2.45) is 0 Å². The molecular weight excluding hydrogens is 362 g/mol. The van der Waals surface area contributed by atoms with Crippen LogP contribution in [0, 0.1) is 0 Å². The van der Waals surface area contributed by atoms with Gasteiger partial charge in [0, 0.05) is 10.0 Å². The number of amides is 1. The smallest absolute Gasteiger partial charge is 0.255 e. The summed E-state index contributed by atoms with van der Waals surface area (Å²) in [6.07, 6.45) is 0. The van der Waals surface area contributed by atoms with E-state index in [1.54, 1.807) is 0 Å². The summed E-state index contributed by atoms with van der Waals surface area (Å²) < 4.78 is 1.03. The normalized spacial score (nSPS) is 18.5. The number of rotatable bonds is 3. The second-order valence-electron chi connectivity index (χ2n) is 6.84. The van der Waals surface area contributed by atoms with Gasteiger partial charge < -0.3 is 4.90 Å². The van der Waals surface area contributed by atoms with Crippen molar-refractivity contribution in [2.45, 2.75) is 39.3 Å². The molecular formula is C21H22BrNO. The van der Waals surface area contributed by atoms with E-state index < -0.39 is 5.54 Å². The first-order chi connectivity index (χ1) is 11.3. The molecule has 0 fully saturated rings. The molecule has 24 heavy (non-hydrogen) atoms. The minimum absolute atomic E-state index is 0.0710. The molecule has 1 atom stereocenters. The maximum absolute atomic E-state index is 13.3. The molecule has 124 valence electrons. The standard InChI is InChI=1S/C21H22BrNO/c1-14-15(2)23(20(24)19(14)16-9-6-5-7-10-16)21(3,4)17-11-8-12-18(22)13-17/h5-13,15H,1-4H3. The lowest BCUT2D eigenvalue weighted by Crippen LogP contribution is -2.47.